The second-order valence-electron chi connectivity index (χ2n) is 8.97. The SMILES string of the molecule is CC(C)(C)[SiH2]OC([SiH3])(CCCOCC1CO1)O[SiH2]C(C)(C)C. The summed E-state index contributed by atoms with van der Waals surface area (Å²) < 4.78 is 23.5. The molecule has 7 heteroatoms. The highest BCUT2D eigenvalue weighted by Crippen LogP contribution is 2.28. The van der Waals surface area contributed by atoms with Gasteiger partial charge in [0.25, 0.3) is 0 Å². The maximum atomic E-state index is 6.36. The molecular weight excluding hydrogens is 328 g/mol. The fourth-order valence-electron chi connectivity index (χ4n) is 1.80. The molecule has 0 aromatic carbocycles. The van der Waals surface area contributed by atoms with Crippen molar-refractivity contribution in [1.29, 1.82) is 0 Å². The zero-order valence-electron chi connectivity index (χ0n) is 15.7. The fraction of sp³-hybridized carbons (Fsp3) is 1.00. The van der Waals surface area contributed by atoms with E-state index < -0.39 is 19.5 Å². The lowest BCUT2D eigenvalue weighted by Gasteiger charge is -2.36. The van der Waals surface area contributed by atoms with Crippen molar-refractivity contribution in [2.24, 2.45) is 0 Å². The highest BCUT2D eigenvalue weighted by Gasteiger charge is 2.29. The average molecular weight is 365 g/mol. The normalized spacial score (nSPS) is 22.9. The van der Waals surface area contributed by atoms with Gasteiger partial charge in [-0.1, -0.05) is 41.5 Å². The van der Waals surface area contributed by atoms with Crippen molar-refractivity contribution in [3.8, 4) is 0 Å². The van der Waals surface area contributed by atoms with E-state index in [4.69, 9.17) is 18.3 Å². The third-order valence-corrected chi connectivity index (χ3v) is 8.72. The van der Waals surface area contributed by atoms with Crippen molar-refractivity contribution in [2.75, 3.05) is 19.8 Å². The molecule has 1 saturated heterocycles. The van der Waals surface area contributed by atoms with E-state index in [1.807, 2.05) is 0 Å². The Bertz CT molecular complexity index is 304. The molecule has 22 heavy (non-hydrogen) atoms. The topological polar surface area (TPSA) is 40.2 Å². The minimum Gasteiger partial charge on any atom is -0.401 e. The van der Waals surface area contributed by atoms with Crippen molar-refractivity contribution >= 4 is 29.8 Å². The molecule has 1 aliphatic rings. The largest absolute Gasteiger partial charge is 0.401 e. The van der Waals surface area contributed by atoms with Crippen LogP contribution >= 0.6 is 0 Å². The Morgan fingerprint density at radius 1 is 1.05 bits per heavy atom. The fourth-order valence-corrected chi connectivity index (χ4v) is 5.12. The van der Waals surface area contributed by atoms with E-state index in [2.05, 4.69) is 41.5 Å². The molecule has 1 heterocycles. The lowest BCUT2D eigenvalue weighted by molar-refractivity contribution is -0.0526. The summed E-state index contributed by atoms with van der Waals surface area (Å²) in [6.45, 7) is 16.0. The Kier molecular flexibility index (Phi) is 7.98. The van der Waals surface area contributed by atoms with Gasteiger partial charge in [0.15, 0.2) is 19.5 Å². The van der Waals surface area contributed by atoms with Gasteiger partial charge < -0.3 is 18.3 Å². The molecule has 0 aromatic heterocycles. The minimum absolute atomic E-state index is 0.279. The zero-order chi connectivity index (χ0) is 16.9. The second-order valence-corrected chi connectivity index (χ2v) is 15.9. The minimum atomic E-state index is -0.590. The predicted octanol–water partition coefficient (Wildman–Crippen LogP) is 0.839. The summed E-state index contributed by atoms with van der Waals surface area (Å²) in [5, 5.41) is 0.615. The summed E-state index contributed by atoms with van der Waals surface area (Å²) in [7, 11) is -0.252. The van der Waals surface area contributed by atoms with E-state index in [1.54, 1.807) is 0 Å². The standard InChI is InChI=1S/C15H36O4Si3/c1-13(2,3)21-18-15(20,19-22-14(4,5)6)8-7-9-16-10-12-11-17-12/h12H,7-11,21-22H2,1-6,20H3. The van der Waals surface area contributed by atoms with Gasteiger partial charge in [-0.05, 0) is 22.9 Å². The molecule has 1 rings (SSSR count). The zero-order valence-corrected chi connectivity index (χ0v) is 20.5. The Labute approximate surface area is 144 Å². The monoisotopic (exact) mass is 364 g/mol. The van der Waals surface area contributed by atoms with E-state index in [1.165, 1.54) is 0 Å². The average Bonchev–Trinajstić information content (AvgIpc) is 3.16. The molecule has 0 aliphatic carbocycles. The van der Waals surface area contributed by atoms with Crippen molar-refractivity contribution in [1.82, 2.24) is 0 Å². The summed E-state index contributed by atoms with van der Waals surface area (Å²) in [5.41, 5.74) is -0.279. The van der Waals surface area contributed by atoms with Crippen LogP contribution in [0.5, 0.6) is 0 Å². The van der Waals surface area contributed by atoms with Crippen molar-refractivity contribution in [3.63, 3.8) is 0 Å². The molecule has 0 N–H and O–H groups in total. The van der Waals surface area contributed by atoms with Gasteiger partial charge in [-0.2, -0.15) is 0 Å². The Morgan fingerprint density at radius 2 is 1.55 bits per heavy atom. The number of hydrogen-bond acceptors (Lipinski definition) is 4. The van der Waals surface area contributed by atoms with Crippen LogP contribution in [-0.4, -0.2) is 61.1 Å². The smallest absolute Gasteiger partial charge is 0.170 e. The Balaban J connectivity index is 2.36. The van der Waals surface area contributed by atoms with Gasteiger partial charge in [0.1, 0.15) is 11.5 Å². The molecule has 0 amide bonds. The van der Waals surface area contributed by atoms with Crippen LogP contribution in [-0.2, 0) is 18.3 Å². The van der Waals surface area contributed by atoms with E-state index >= 15 is 0 Å². The first-order valence-corrected chi connectivity index (χ1v) is 12.0. The second kappa shape index (κ2) is 8.55. The summed E-state index contributed by atoms with van der Waals surface area (Å²) in [4.78, 5) is 0. The first-order chi connectivity index (χ1) is 9.99. The van der Waals surface area contributed by atoms with Gasteiger partial charge in [-0.15, -0.1) is 0 Å². The number of epoxide rings is 1. The molecule has 132 valence electrons. The van der Waals surface area contributed by atoms with Gasteiger partial charge >= 0.3 is 0 Å². The Morgan fingerprint density at radius 3 is 1.95 bits per heavy atom. The maximum absolute atomic E-state index is 6.36. The number of ether oxygens (including phenoxy) is 2. The Hall–Kier alpha value is 0.491. The quantitative estimate of drug-likeness (QED) is 0.249. The van der Waals surface area contributed by atoms with Crippen LogP contribution in [0.25, 0.3) is 0 Å². The molecule has 0 spiro atoms. The van der Waals surface area contributed by atoms with Crippen LogP contribution in [0.15, 0.2) is 0 Å². The van der Waals surface area contributed by atoms with Crippen molar-refractivity contribution in [2.45, 2.75) is 76.0 Å². The van der Waals surface area contributed by atoms with Gasteiger partial charge in [-0.25, -0.2) is 0 Å². The predicted molar refractivity (Wildman–Crippen MR) is 101 cm³/mol. The van der Waals surface area contributed by atoms with E-state index in [-0.39, 0.29) is 5.41 Å². The first-order valence-electron chi connectivity index (χ1n) is 8.46. The summed E-state index contributed by atoms with van der Waals surface area (Å²) in [5.74, 6) is 0. The first kappa shape index (κ1) is 20.5. The molecule has 1 fully saturated rings. The summed E-state index contributed by atoms with van der Waals surface area (Å²) in [6.07, 6.45) is 2.33. The highest BCUT2D eigenvalue weighted by atomic mass is 28.2. The van der Waals surface area contributed by atoms with E-state index in [0.29, 0.717) is 16.2 Å². The van der Waals surface area contributed by atoms with Crippen LogP contribution in [0.4, 0.5) is 0 Å². The lowest BCUT2D eigenvalue weighted by atomic mass is 10.3. The maximum Gasteiger partial charge on any atom is 0.170 e. The van der Waals surface area contributed by atoms with Crippen molar-refractivity contribution in [3.05, 3.63) is 0 Å². The summed E-state index contributed by atoms with van der Waals surface area (Å²) in [6, 6.07) is 0. The molecule has 0 saturated carbocycles. The molecule has 1 unspecified atom stereocenters. The van der Waals surface area contributed by atoms with Gasteiger partial charge in [0.05, 0.1) is 23.5 Å². The third kappa shape index (κ3) is 11.1. The lowest BCUT2D eigenvalue weighted by Crippen LogP contribution is -2.42. The third-order valence-electron chi connectivity index (χ3n) is 3.25. The van der Waals surface area contributed by atoms with Crippen LogP contribution < -0.4 is 0 Å². The van der Waals surface area contributed by atoms with Gasteiger partial charge in [0.2, 0.25) is 0 Å². The summed E-state index contributed by atoms with van der Waals surface area (Å²) >= 11 is 0. The van der Waals surface area contributed by atoms with E-state index in [9.17, 15) is 0 Å². The van der Waals surface area contributed by atoms with E-state index in [0.717, 1.165) is 42.9 Å². The number of rotatable bonds is 10. The molecule has 0 aromatic rings. The van der Waals surface area contributed by atoms with Crippen LogP contribution in [0.1, 0.15) is 54.4 Å². The van der Waals surface area contributed by atoms with Gasteiger partial charge in [0, 0.05) is 6.61 Å². The van der Waals surface area contributed by atoms with Gasteiger partial charge in [-0.3, -0.25) is 0 Å². The van der Waals surface area contributed by atoms with Crippen LogP contribution in [0.2, 0.25) is 10.1 Å². The number of hydrogen-bond donors (Lipinski definition) is 0. The highest BCUT2D eigenvalue weighted by molar-refractivity contribution is 6.35. The van der Waals surface area contributed by atoms with Crippen LogP contribution in [0.3, 0.4) is 0 Å². The molecule has 4 nitrogen and oxygen atoms in total. The van der Waals surface area contributed by atoms with Crippen LogP contribution in [0, 0.1) is 0 Å². The molecule has 1 aliphatic heterocycles. The molecule has 0 bridgehead atoms. The molecule has 1 atom stereocenters. The van der Waals surface area contributed by atoms with Crippen molar-refractivity contribution < 1.29 is 18.3 Å². The molecular formula is C15H36O4Si3. The molecule has 0 radical (unpaired) electrons.